The summed E-state index contributed by atoms with van der Waals surface area (Å²) in [5, 5.41) is 0. The molecular weight excluding hydrogens is 479 g/mol. The molecule has 1 atom stereocenters. The SMILES string of the molecule is Cc1cc(C)c(C(Br)c2cc(I)ccc2Br)c(C)c1. The minimum absolute atomic E-state index is 0.220. The maximum absolute atomic E-state index is 3.87. The van der Waals surface area contributed by atoms with E-state index in [9.17, 15) is 0 Å². The molecule has 3 heteroatoms. The smallest absolute Gasteiger partial charge is 0.0661 e. The summed E-state index contributed by atoms with van der Waals surface area (Å²) in [6, 6.07) is 11.0. The van der Waals surface area contributed by atoms with Crippen molar-refractivity contribution in [2.75, 3.05) is 0 Å². The van der Waals surface area contributed by atoms with Crippen molar-refractivity contribution in [3.8, 4) is 0 Å². The standard InChI is InChI=1S/C16H15Br2I/c1-9-6-10(2)15(11(3)7-9)16(18)13-8-12(19)4-5-14(13)17/h4-8,16H,1-3H3. The van der Waals surface area contributed by atoms with Crippen molar-refractivity contribution in [1.29, 1.82) is 0 Å². The highest BCUT2D eigenvalue weighted by molar-refractivity contribution is 14.1. The minimum atomic E-state index is 0.220. The molecule has 0 saturated carbocycles. The predicted molar refractivity (Wildman–Crippen MR) is 98.3 cm³/mol. The van der Waals surface area contributed by atoms with E-state index in [1.807, 2.05) is 0 Å². The molecule has 0 N–H and O–H groups in total. The van der Waals surface area contributed by atoms with Gasteiger partial charge < -0.3 is 0 Å². The summed E-state index contributed by atoms with van der Waals surface area (Å²) in [6.45, 7) is 6.52. The molecule has 0 spiro atoms. The maximum Gasteiger partial charge on any atom is 0.0661 e. The highest BCUT2D eigenvalue weighted by atomic mass is 127. The summed E-state index contributed by atoms with van der Waals surface area (Å²) in [4.78, 5) is 0.220. The van der Waals surface area contributed by atoms with Crippen molar-refractivity contribution in [1.82, 2.24) is 0 Å². The van der Waals surface area contributed by atoms with Crippen LogP contribution in [0.1, 0.15) is 32.6 Å². The van der Waals surface area contributed by atoms with Gasteiger partial charge in [0.05, 0.1) is 4.83 Å². The fraction of sp³-hybridized carbons (Fsp3) is 0.250. The Morgan fingerprint density at radius 3 is 2.16 bits per heavy atom. The largest absolute Gasteiger partial charge is 0.0786 e. The lowest BCUT2D eigenvalue weighted by atomic mass is 9.94. The Labute approximate surface area is 145 Å². The number of halogens is 3. The lowest BCUT2D eigenvalue weighted by molar-refractivity contribution is 1.09. The maximum atomic E-state index is 3.87. The fourth-order valence-electron chi connectivity index (χ4n) is 2.46. The normalized spacial score (nSPS) is 12.5. The van der Waals surface area contributed by atoms with Gasteiger partial charge in [-0.3, -0.25) is 0 Å². The van der Waals surface area contributed by atoms with Gasteiger partial charge in [0.25, 0.3) is 0 Å². The second-order valence-corrected chi connectivity index (χ2v) is 7.86. The zero-order valence-corrected chi connectivity index (χ0v) is 16.4. The summed E-state index contributed by atoms with van der Waals surface area (Å²) in [5.74, 6) is 0. The van der Waals surface area contributed by atoms with Crippen LogP contribution in [0.5, 0.6) is 0 Å². The third kappa shape index (κ3) is 3.42. The quantitative estimate of drug-likeness (QED) is 0.332. The molecule has 2 aromatic rings. The molecule has 0 heterocycles. The molecule has 0 saturated heterocycles. The van der Waals surface area contributed by atoms with Gasteiger partial charge in [-0.05, 0) is 83.8 Å². The number of hydrogen-bond donors (Lipinski definition) is 0. The van der Waals surface area contributed by atoms with Crippen LogP contribution < -0.4 is 0 Å². The van der Waals surface area contributed by atoms with E-state index in [0.717, 1.165) is 4.47 Å². The molecule has 100 valence electrons. The summed E-state index contributed by atoms with van der Waals surface area (Å²) >= 11 is 9.89. The molecule has 0 aliphatic heterocycles. The number of aryl methyl sites for hydroxylation is 3. The van der Waals surface area contributed by atoms with Gasteiger partial charge in [0.15, 0.2) is 0 Å². The van der Waals surface area contributed by atoms with Gasteiger partial charge in [-0.2, -0.15) is 0 Å². The summed E-state index contributed by atoms with van der Waals surface area (Å²) in [6.07, 6.45) is 0. The minimum Gasteiger partial charge on any atom is -0.0786 e. The van der Waals surface area contributed by atoms with Crippen LogP contribution >= 0.6 is 54.5 Å². The van der Waals surface area contributed by atoms with Crippen molar-refractivity contribution < 1.29 is 0 Å². The monoisotopic (exact) mass is 492 g/mol. The van der Waals surface area contributed by atoms with Crippen molar-refractivity contribution in [2.24, 2.45) is 0 Å². The van der Waals surface area contributed by atoms with Crippen LogP contribution in [-0.2, 0) is 0 Å². The second kappa shape index (κ2) is 6.27. The Hall–Kier alpha value is 0.130. The fourth-order valence-corrected chi connectivity index (χ4v) is 4.85. The van der Waals surface area contributed by atoms with Gasteiger partial charge in [-0.25, -0.2) is 0 Å². The molecule has 0 amide bonds. The van der Waals surface area contributed by atoms with Crippen molar-refractivity contribution in [2.45, 2.75) is 25.6 Å². The van der Waals surface area contributed by atoms with Gasteiger partial charge in [-0.1, -0.05) is 49.6 Å². The third-order valence-electron chi connectivity index (χ3n) is 3.22. The summed E-state index contributed by atoms with van der Waals surface area (Å²) < 4.78 is 2.40. The molecule has 0 radical (unpaired) electrons. The summed E-state index contributed by atoms with van der Waals surface area (Å²) in [5.41, 5.74) is 6.64. The molecule has 0 bridgehead atoms. The summed E-state index contributed by atoms with van der Waals surface area (Å²) in [7, 11) is 0. The molecular formula is C16H15Br2I. The van der Waals surface area contributed by atoms with Gasteiger partial charge >= 0.3 is 0 Å². The molecule has 0 aliphatic carbocycles. The van der Waals surface area contributed by atoms with E-state index >= 15 is 0 Å². The van der Waals surface area contributed by atoms with E-state index in [1.54, 1.807) is 0 Å². The first-order chi connectivity index (χ1) is 8.90. The molecule has 0 nitrogen and oxygen atoms in total. The van der Waals surface area contributed by atoms with Gasteiger partial charge in [-0.15, -0.1) is 0 Å². The number of benzene rings is 2. The first-order valence-electron chi connectivity index (χ1n) is 6.07. The van der Waals surface area contributed by atoms with E-state index in [0.29, 0.717) is 0 Å². The van der Waals surface area contributed by atoms with Gasteiger partial charge in [0, 0.05) is 8.04 Å². The lowest BCUT2D eigenvalue weighted by Crippen LogP contribution is -2.01. The molecule has 0 aliphatic rings. The predicted octanol–water partition coefficient (Wildman–Crippen LogP) is 6.46. The van der Waals surface area contributed by atoms with Crippen molar-refractivity contribution in [3.63, 3.8) is 0 Å². The number of alkyl halides is 1. The zero-order chi connectivity index (χ0) is 14.2. The van der Waals surface area contributed by atoms with E-state index < -0.39 is 0 Å². The van der Waals surface area contributed by atoms with Crippen LogP contribution in [0.25, 0.3) is 0 Å². The highest BCUT2D eigenvalue weighted by Gasteiger charge is 2.18. The number of rotatable bonds is 2. The first kappa shape index (κ1) is 15.5. The van der Waals surface area contributed by atoms with Crippen LogP contribution in [0.3, 0.4) is 0 Å². The Balaban J connectivity index is 2.56. The Bertz CT molecular complexity index is 597. The average Bonchev–Trinajstić information content (AvgIpc) is 2.30. The number of hydrogen-bond acceptors (Lipinski definition) is 0. The van der Waals surface area contributed by atoms with Gasteiger partial charge in [0.1, 0.15) is 0 Å². The zero-order valence-electron chi connectivity index (χ0n) is 11.1. The van der Waals surface area contributed by atoms with Crippen LogP contribution in [0.2, 0.25) is 0 Å². The van der Waals surface area contributed by atoms with Crippen molar-refractivity contribution >= 4 is 54.5 Å². The molecule has 2 aromatic carbocycles. The Kier molecular flexibility index (Phi) is 5.12. The van der Waals surface area contributed by atoms with Crippen LogP contribution in [0.4, 0.5) is 0 Å². The Morgan fingerprint density at radius 2 is 1.58 bits per heavy atom. The van der Waals surface area contributed by atoms with E-state index in [1.165, 1.54) is 31.4 Å². The van der Waals surface area contributed by atoms with E-state index in [4.69, 9.17) is 0 Å². The first-order valence-corrected chi connectivity index (χ1v) is 8.85. The van der Waals surface area contributed by atoms with E-state index in [2.05, 4.69) is 106 Å². The topological polar surface area (TPSA) is 0 Å². The molecule has 2 rings (SSSR count). The average molecular weight is 494 g/mol. The Morgan fingerprint density at radius 1 is 1.00 bits per heavy atom. The highest BCUT2D eigenvalue weighted by Crippen LogP contribution is 2.39. The van der Waals surface area contributed by atoms with E-state index in [-0.39, 0.29) is 4.83 Å². The van der Waals surface area contributed by atoms with Gasteiger partial charge in [0.2, 0.25) is 0 Å². The molecule has 0 aromatic heterocycles. The third-order valence-corrected chi connectivity index (χ3v) is 5.57. The lowest BCUT2D eigenvalue weighted by Gasteiger charge is -2.19. The molecule has 0 fully saturated rings. The van der Waals surface area contributed by atoms with Crippen LogP contribution in [0.15, 0.2) is 34.8 Å². The molecule has 19 heavy (non-hydrogen) atoms. The van der Waals surface area contributed by atoms with Crippen LogP contribution in [-0.4, -0.2) is 0 Å². The van der Waals surface area contributed by atoms with Crippen molar-refractivity contribution in [3.05, 3.63) is 66.2 Å². The molecule has 1 unspecified atom stereocenters. The van der Waals surface area contributed by atoms with Crippen LogP contribution in [0, 0.1) is 24.3 Å². The second-order valence-electron chi connectivity index (χ2n) is 4.84.